The zero-order valence-electron chi connectivity index (χ0n) is 21.2. The second-order valence-corrected chi connectivity index (χ2v) is 16.0. The Morgan fingerprint density at radius 3 is 1.34 bits per heavy atom. The zero-order valence-corrected chi connectivity index (χ0v) is 25.9. The summed E-state index contributed by atoms with van der Waals surface area (Å²) < 4.78 is 0. The van der Waals surface area contributed by atoms with Crippen LogP contribution in [0.1, 0.15) is 52.7 Å². The molecule has 3 aromatic carbocycles. The van der Waals surface area contributed by atoms with Crippen molar-refractivity contribution >= 4 is 56.9 Å². The van der Waals surface area contributed by atoms with E-state index in [9.17, 15) is 0 Å². The molecular formula is C28H42P4. The molecule has 2 unspecified atom stereocenters. The average molecular weight is 503 g/mol. The van der Waals surface area contributed by atoms with Gasteiger partial charge in [0.2, 0.25) is 0 Å². The number of aryl methyl sites for hydroxylation is 1. The van der Waals surface area contributed by atoms with Crippen LogP contribution in [0.2, 0.25) is 0 Å². The van der Waals surface area contributed by atoms with E-state index in [1.807, 2.05) is 0 Å². The van der Waals surface area contributed by atoms with Crippen LogP contribution in [-0.4, -0.2) is 10.3 Å². The zero-order chi connectivity index (χ0) is 22.1. The molecule has 3 aromatic rings. The van der Waals surface area contributed by atoms with E-state index in [1.54, 1.807) is 10.6 Å². The Labute approximate surface area is 206 Å². The number of hydrogen-bond donors (Lipinski definition) is 0. The molecule has 2 atom stereocenters. The monoisotopic (exact) mass is 502 g/mol. The lowest BCUT2D eigenvalue weighted by Gasteiger charge is -2.43. The van der Waals surface area contributed by atoms with Gasteiger partial charge in [-0.1, -0.05) is 122 Å². The van der Waals surface area contributed by atoms with Crippen LogP contribution >= 0.6 is 35.6 Å². The van der Waals surface area contributed by atoms with Crippen molar-refractivity contribution in [2.45, 2.75) is 65.7 Å². The van der Waals surface area contributed by atoms with E-state index in [2.05, 4.69) is 128 Å². The van der Waals surface area contributed by atoms with Crippen molar-refractivity contribution in [3.05, 3.63) is 83.9 Å². The molecule has 0 aliphatic rings. The first-order valence-electron chi connectivity index (χ1n) is 10.8. The van der Waals surface area contributed by atoms with Crippen LogP contribution in [0.3, 0.4) is 0 Å². The van der Waals surface area contributed by atoms with Gasteiger partial charge in [0.25, 0.3) is 0 Å². The van der Waals surface area contributed by atoms with Crippen molar-refractivity contribution in [2.75, 3.05) is 0 Å². The summed E-state index contributed by atoms with van der Waals surface area (Å²) in [6.07, 6.45) is 0. The fourth-order valence-corrected chi connectivity index (χ4v) is 11.6. The Kier molecular flexibility index (Phi) is 10.7. The van der Waals surface area contributed by atoms with Gasteiger partial charge in [0.05, 0.1) is 0 Å². The third-order valence-electron chi connectivity index (χ3n) is 5.44. The highest BCUT2D eigenvalue weighted by Gasteiger charge is 2.37. The lowest BCUT2D eigenvalue weighted by Crippen LogP contribution is -2.35. The molecule has 0 aromatic heterocycles. The molecule has 0 saturated heterocycles. The number of rotatable bonds is 4. The van der Waals surface area contributed by atoms with Gasteiger partial charge < -0.3 is 0 Å². The summed E-state index contributed by atoms with van der Waals surface area (Å²) in [5.74, 6) is 0. The summed E-state index contributed by atoms with van der Waals surface area (Å²) >= 11 is 0. The van der Waals surface area contributed by atoms with Crippen molar-refractivity contribution in [1.29, 1.82) is 0 Å². The van der Waals surface area contributed by atoms with Crippen LogP contribution in [0.15, 0.2) is 72.8 Å². The maximum absolute atomic E-state index is 2.43. The average Bonchev–Trinajstić information content (AvgIpc) is 2.66. The van der Waals surface area contributed by atoms with E-state index in [4.69, 9.17) is 0 Å². The van der Waals surface area contributed by atoms with Crippen molar-refractivity contribution in [2.24, 2.45) is 0 Å². The van der Waals surface area contributed by atoms with Crippen LogP contribution in [0.4, 0.5) is 0 Å². The molecule has 0 aliphatic heterocycles. The molecule has 0 amide bonds. The molecule has 0 radical (unpaired) electrons. The molecule has 174 valence electrons. The summed E-state index contributed by atoms with van der Waals surface area (Å²) in [4.78, 5) is 0. The smallest absolute Gasteiger partial charge is 0.00863 e. The molecule has 4 heteroatoms. The summed E-state index contributed by atoms with van der Waals surface area (Å²) in [7, 11) is -0.929. The van der Waals surface area contributed by atoms with Crippen molar-refractivity contribution < 1.29 is 0 Å². The van der Waals surface area contributed by atoms with Gasteiger partial charge in [-0.15, -0.1) is 0 Å². The van der Waals surface area contributed by atoms with Crippen LogP contribution in [-0.2, 0) is 0 Å². The van der Waals surface area contributed by atoms with E-state index in [-0.39, 0.29) is 38.0 Å². The van der Waals surface area contributed by atoms with Gasteiger partial charge in [0.15, 0.2) is 0 Å². The topological polar surface area (TPSA) is 0 Å². The molecule has 3 rings (SSSR count). The van der Waals surface area contributed by atoms with Crippen molar-refractivity contribution in [1.82, 2.24) is 0 Å². The third kappa shape index (κ3) is 6.49. The van der Waals surface area contributed by atoms with Gasteiger partial charge in [0, 0.05) is 0 Å². The fraction of sp³-hybridized carbons (Fsp3) is 0.357. The predicted molar refractivity (Wildman–Crippen MR) is 163 cm³/mol. The van der Waals surface area contributed by atoms with Crippen LogP contribution in [0.25, 0.3) is 0 Å². The van der Waals surface area contributed by atoms with E-state index in [1.165, 1.54) is 21.7 Å². The van der Waals surface area contributed by atoms with Crippen LogP contribution in [0, 0.1) is 13.8 Å². The van der Waals surface area contributed by atoms with E-state index >= 15 is 0 Å². The summed E-state index contributed by atoms with van der Waals surface area (Å²) in [5.41, 5.74) is 2.91. The minimum absolute atomic E-state index is 0. The van der Waals surface area contributed by atoms with Crippen LogP contribution in [0.5, 0.6) is 0 Å². The van der Waals surface area contributed by atoms with Gasteiger partial charge in [-0.05, 0) is 64.4 Å². The summed E-state index contributed by atoms with van der Waals surface area (Å²) in [5, 5.41) is 6.49. The minimum Gasteiger partial charge on any atom is -0.153 e. The Morgan fingerprint density at radius 1 is 0.562 bits per heavy atom. The largest absolute Gasteiger partial charge is 0.153 e. The Morgan fingerprint density at radius 2 is 0.969 bits per heavy atom. The summed E-state index contributed by atoms with van der Waals surface area (Å²) in [6, 6.07) is 27.0. The molecule has 0 aliphatic carbocycles. The van der Waals surface area contributed by atoms with Gasteiger partial charge in [-0.25, -0.2) is 0 Å². The molecular weight excluding hydrogens is 460 g/mol. The van der Waals surface area contributed by atoms with Crippen LogP contribution < -0.4 is 21.2 Å². The Bertz CT molecular complexity index is 930. The normalized spacial score (nSPS) is 11.8. The molecule has 0 heterocycles. The highest BCUT2D eigenvalue weighted by Crippen LogP contribution is 2.58. The van der Waals surface area contributed by atoms with E-state index < -0.39 is 7.92 Å². The maximum atomic E-state index is 2.43. The first-order chi connectivity index (χ1) is 14.0. The Hall–Kier alpha value is -0.620. The predicted octanol–water partition coefficient (Wildman–Crippen LogP) is 6.88. The lowest BCUT2D eigenvalue weighted by atomic mass is 10.1. The summed E-state index contributed by atoms with van der Waals surface area (Å²) in [6.45, 7) is 19.2. The Balaban J connectivity index is 0.00000256. The van der Waals surface area contributed by atoms with Gasteiger partial charge >= 0.3 is 0 Å². The molecule has 0 spiro atoms. The number of benzene rings is 3. The van der Waals surface area contributed by atoms with Gasteiger partial charge in [-0.2, -0.15) is 19.8 Å². The molecule has 0 N–H and O–H groups in total. The van der Waals surface area contributed by atoms with Gasteiger partial charge in [0.1, 0.15) is 0 Å². The quantitative estimate of drug-likeness (QED) is 0.341. The minimum atomic E-state index is -0.590. The SMILES string of the molecule is Cc1ccc(P(C(C)(C)C)C(C)(C)C)c(C)c1P(c1ccccc1)c1ccccc1.P.P. The fourth-order valence-electron chi connectivity index (χ4n) is 4.70. The molecule has 32 heavy (non-hydrogen) atoms. The van der Waals surface area contributed by atoms with Gasteiger partial charge in [-0.3, -0.25) is 0 Å². The standard InChI is InChI=1S/C28H36P2.2H3P/c1-21-19-20-25(30(27(3,4)5)28(6,7)8)22(2)26(21)29(23-15-11-9-12-16-23)24-17-13-10-14-18-24;;/h9-20H,1-8H3;2*1H3. The van der Waals surface area contributed by atoms with E-state index in [0.29, 0.717) is 0 Å². The third-order valence-corrected chi connectivity index (χ3v) is 11.9. The lowest BCUT2D eigenvalue weighted by molar-refractivity contribution is 0.714. The highest BCUT2D eigenvalue weighted by atomic mass is 31.1. The molecule has 0 bridgehead atoms. The molecule has 0 saturated carbocycles. The maximum Gasteiger partial charge on any atom is -0.00863 e. The number of hydrogen-bond acceptors (Lipinski definition) is 0. The first kappa shape index (κ1) is 29.4. The second kappa shape index (κ2) is 11.7. The van der Waals surface area contributed by atoms with Crippen molar-refractivity contribution in [3.63, 3.8) is 0 Å². The molecule has 0 fully saturated rings. The first-order valence-corrected chi connectivity index (χ1v) is 13.5. The molecule has 0 nitrogen and oxygen atoms in total. The highest BCUT2D eigenvalue weighted by molar-refractivity contribution is 7.80. The van der Waals surface area contributed by atoms with E-state index in [0.717, 1.165) is 0 Å². The van der Waals surface area contributed by atoms with Crippen molar-refractivity contribution in [3.8, 4) is 0 Å². The second-order valence-electron chi connectivity index (χ2n) is 10.1.